The average Bonchev–Trinajstić information content (AvgIpc) is 2.85. The zero-order valence-electron chi connectivity index (χ0n) is 16.5. The molecule has 0 N–H and O–H groups in total. The minimum absolute atomic E-state index is 0.0246. The summed E-state index contributed by atoms with van der Waals surface area (Å²) in [6.45, 7) is 4.33. The Morgan fingerprint density at radius 3 is 2.41 bits per heavy atom. The molecule has 2 aliphatic heterocycles. The summed E-state index contributed by atoms with van der Waals surface area (Å²) in [7, 11) is 0. The van der Waals surface area contributed by atoms with E-state index in [-0.39, 0.29) is 5.91 Å². The first-order valence-electron chi connectivity index (χ1n) is 9.98. The van der Waals surface area contributed by atoms with Gasteiger partial charge < -0.3 is 4.74 Å². The Labute approximate surface area is 175 Å². The number of β-lactam (4-membered cyclic amide) rings is 1. The third kappa shape index (κ3) is 2.85. The van der Waals surface area contributed by atoms with Gasteiger partial charge in [0.2, 0.25) is 6.10 Å². The van der Waals surface area contributed by atoms with Crippen molar-refractivity contribution in [3.63, 3.8) is 0 Å². The summed E-state index contributed by atoms with van der Waals surface area (Å²) in [4.78, 5) is 16.6. The van der Waals surface area contributed by atoms with E-state index in [9.17, 15) is 4.79 Å². The second-order valence-electron chi connectivity index (χ2n) is 7.88. The van der Waals surface area contributed by atoms with Crippen LogP contribution < -0.4 is 9.64 Å². The second-order valence-corrected chi connectivity index (χ2v) is 9.36. The van der Waals surface area contributed by atoms with Gasteiger partial charge in [0.05, 0.1) is 5.69 Å². The molecule has 4 heteroatoms. The lowest BCUT2D eigenvalue weighted by atomic mass is 9.71. The highest BCUT2D eigenvalue weighted by Gasteiger charge is 2.65. The molecule has 146 valence electrons. The van der Waals surface area contributed by atoms with Crippen molar-refractivity contribution < 1.29 is 9.53 Å². The highest BCUT2D eigenvalue weighted by molar-refractivity contribution is 8.00. The van der Waals surface area contributed by atoms with Gasteiger partial charge in [-0.2, -0.15) is 0 Å². The van der Waals surface area contributed by atoms with E-state index in [1.807, 2.05) is 59.1 Å². The zero-order valence-corrected chi connectivity index (χ0v) is 17.4. The normalized spacial score (nSPS) is 25.4. The van der Waals surface area contributed by atoms with E-state index in [0.29, 0.717) is 5.25 Å². The molecule has 0 saturated carbocycles. The standard InChI is InChI=1S/C25H23NO2S/c1-17-12-14-19(15-13-17)25-16-18(2)29-22-11-7-6-10-21(22)26(25)24(27)23(25)28-20-8-4-3-5-9-20/h3-15,18,23H,16H2,1-2H3/t18-,23+,25-/m1/s1. The van der Waals surface area contributed by atoms with E-state index in [4.69, 9.17) is 4.74 Å². The Morgan fingerprint density at radius 2 is 1.66 bits per heavy atom. The van der Waals surface area contributed by atoms with Crippen LogP contribution in [0.3, 0.4) is 0 Å². The first-order valence-corrected chi connectivity index (χ1v) is 10.9. The fourth-order valence-corrected chi connectivity index (χ4v) is 5.77. The minimum Gasteiger partial charge on any atom is -0.478 e. The fourth-order valence-electron chi connectivity index (χ4n) is 4.56. The van der Waals surface area contributed by atoms with Crippen molar-refractivity contribution in [3.8, 4) is 5.75 Å². The molecule has 0 unspecified atom stereocenters. The third-order valence-electron chi connectivity index (χ3n) is 5.86. The molecule has 3 nitrogen and oxygen atoms in total. The maximum atomic E-state index is 13.5. The van der Waals surface area contributed by atoms with E-state index in [2.05, 4.69) is 50.2 Å². The van der Waals surface area contributed by atoms with Crippen LogP contribution in [0.5, 0.6) is 5.75 Å². The van der Waals surface area contributed by atoms with Gasteiger partial charge in [-0.25, -0.2) is 0 Å². The van der Waals surface area contributed by atoms with Crippen LogP contribution in [0, 0.1) is 6.92 Å². The van der Waals surface area contributed by atoms with Crippen molar-refractivity contribution in [3.05, 3.63) is 90.0 Å². The first-order chi connectivity index (χ1) is 14.1. The maximum absolute atomic E-state index is 13.5. The summed E-state index contributed by atoms with van der Waals surface area (Å²) < 4.78 is 6.34. The summed E-state index contributed by atoms with van der Waals surface area (Å²) in [5.74, 6) is 0.756. The van der Waals surface area contributed by atoms with Crippen molar-refractivity contribution in [1.29, 1.82) is 0 Å². The smallest absolute Gasteiger partial charge is 0.271 e. The molecule has 1 saturated heterocycles. The molecular weight excluding hydrogens is 378 g/mol. The predicted octanol–water partition coefficient (Wildman–Crippen LogP) is 5.57. The van der Waals surface area contributed by atoms with Crippen molar-refractivity contribution in [2.24, 2.45) is 0 Å². The van der Waals surface area contributed by atoms with Gasteiger partial charge in [0.25, 0.3) is 5.91 Å². The van der Waals surface area contributed by atoms with E-state index >= 15 is 0 Å². The number of hydrogen-bond donors (Lipinski definition) is 0. The van der Waals surface area contributed by atoms with E-state index in [1.54, 1.807) is 0 Å². The van der Waals surface area contributed by atoms with Gasteiger partial charge >= 0.3 is 0 Å². The molecule has 5 rings (SSSR count). The molecule has 0 bridgehead atoms. The van der Waals surface area contributed by atoms with Gasteiger partial charge in [-0.3, -0.25) is 9.69 Å². The number of anilines is 1. The predicted molar refractivity (Wildman–Crippen MR) is 118 cm³/mol. The topological polar surface area (TPSA) is 29.5 Å². The van der Waals surface area contributed by atoms with Crippen LogP contribution in [0.4, 0.5) is 5.69 Å². The molecule has 0 radical (unpaired) electrons. The van der Waals surface area contributed by atoms with E-state index < -0.39 is 11.6 Å². The Balaban J connectivity index is 1.67. The van der Waals surface area contributed by atoms with Gasteiger partial charge in [0.15, 0.2) is 0 Å². The molecule has 3 aromatic carbocycles. The Hall–Kier alpha value is -2.72. The van der Waals surface area contributed by atoms with Crippen LogP contribution in [-0.2, 0) is 10.3 Å². The molecule has 1 fully saturated rings. The molecule has 2 aliphatic rings. The quantitative estimate of drug-likeness (QED) is 0.538. The monoisotopic (exact) mass is 401 g/mol. The number of thioether (sulfide) groups is 1. The molecular formula is C25H23NO2S. The SMILES string of the molecule is Cc1ccc([C@@]23C[C@@H](C)Sc4ccccc4N2C(=O)[C@@H]3Oc2ccccc2)cc1. The summed E-state index contributed by atoms with van der Waals surface area (Å²) in [6, 6.07) is 26.4. The number of carbonyl (C=O) groups excluding carboxylic acids is 1. The molecule has 29 heavy (non-hydrogen) atoms. The number of nitrogens with zero attached hydrogens (tertiary/aromatic N) is 1. The fraction of sp³-hybridized carbons (Fsp3) is 0.240. The van der Waals surface area contributed by atoms with Crippen LogP contribution in [-0.4, -0.2) is 17.3 Å². The first kappa shape index (κ1) is 18.3. The number of aryl methyl sites for hydroxylation is 1. The number of rotatable bonds is 3. The number of hydrogen-bond acceptors (Lipinski definition) is 3. The van der Waals surface area contributed by atoms with Crippen LogP contribution in [0.15, 0.2) is 83.8 Å². The molecule has 3 aromatic rings. The van der Waals surface area contributed by atoms with Crippen LogP contribution >= 0.6 is 11.8 Å². The summed E-state index contributed by atoms with van der Waals surface area (Å²) >= 11 is 1.84. The number of carbonyl (C=O) groups is 1. The van der Waals surface area contributed by atoms with Crippen LogP contribution in [0.2, 0.25) is 0 Å². The molecule has 3 atom stereocenters. The van der Waals surface area contributed by atoms with E-state index in [0.717, 1.165) is 28.3 Å². The summed E-state index contributed by atoms with van der Waals surface area (Å²) in [5, 5.41) is 0.345. The lowest BCUT2D eigenvalue weighted by Gasteiger charge is -2.56. The summed E-state index contributed by atoms with van der Waals surface area (Å²) in [6.07, 6.45) is 0.292. The van der Waals surface area contributed by atoms with Crippen LogP contribution in [0.25, 0.3) is 0 Å². The Morgan fingerprint density at radius 1 is 0.966 bits per heavy atom. The van der Waals surface area contributed by atoms with Gasteiger partial charge in [-0.05, 0) is 43.2 Å². The van der Waals surface area contributed by atoms with Gasteiger partial charge in [0.1, 0.15) is 11.3 Å². The number of amides is 1. The van der Waals surface area contributed by atoms with Crippen molar-refractivity contribution >= 4 is 23.4 Å². The molecule has 2 heterocycles. The molecule has 0 spiro atoms. The lowest BCUT2D eigenvalue weighted by Crippen LogP contribution is -2.74. The number of benzene rings is 3. The summed E-state index contributed by atoms with van der Waals surface area (Å²) in [5.41, 5.74) is 2.81. The third-order valence-corrected chi connectivity index (χ3v) is 7.03. The number of ether oxygens (including phenoxy) is 1. The molecule has 0 aromatic heterocycles. The Kier molecular flexibility index (Phi) is 4.39. The maximum Gasteiger partial charge on any atom is 0.271 e. The number of fused-ring (bicyclic) bond motifs is 3. The number of para-hydroxylation sites is 2. The minimum atomic E-state index is -0.540. The van der Waals surface area contributed by atoms with Gasteiger partial charge in [0, 0.05) is 10.1 Å². The highest BCUT2D eigenvalue weighted by Crippen LogP contribution is 2.55. The van der Waals surface area contributed by atoms with Crippen molar-refractivity contribution in [2.45, 2.75) is 42.1 Å². The lowest BCUT2D eigenvalue weighted by molar-refractivity contribution is -0.142. The zero-order chi connectivity index (χ0) is 20.0. The largest absolute Gasteiger partial charge is 0.478 e. The van der Waals surface area contributed by atoms with E-state index in [1.165, 1.54) is 5.56 Å². The van der Waals surface area contributed by atoms with Crippen molar-refractivity contribution in [2.75, 3.05) is 4.90 Å². The Bertz CT molecular complexity index is 1050. The van der Waals surface area contributed by atoms with Gasteiger partial charge in [-0.1, -0.05) is 67.1 Å². The molecule has 0 aliphatic carbocycles. The van der Waals surface area contributed by atoms with Crippen LogP contribution in [0.1, 0.15) is 24.5 Å². The van der Waals surface area contributed by atoms with Crippen molar-refractivity contribution in [1.82, 2.24) is 0 Å². The highest BCUT2D eigenvalue weighted by atomic mass is 32.2. The second kappa shape index (κ2) is 6.96. The molecule has 1 amide bonds. The van der Waals surface area contributed by atoms with Gasteiger partial charge in [-0.15, -0.1) is 11.8 Å². The average molecular weight is 402 g/mol.